The summed E-state index contributed by atoms with van der Waals surface area (Å²) in [5, 5.41) is 3.64. The monoisotopic (exact) mass is 269 g/mol. The van der Waals surface area contributed by atoms with E-state index in [1.807, 2.05) is 12.1 Å². The molecule has 2 aromatic carbocycles. The third-order valence-electron chi connectivity index (χ3n) is 3.55. The van der Waals surface area contributed by atoms with Crippen LogP contribution in [0.3, 0.4) is 0 Å². The fourth-order valence-electron chi connectivity index (χ4n) is 2.53. The van der Waals surface area contributed by atoms with Gasteiger partial charge in [0.15, 0.2) is 0 Å². The Bertz CT molecular complexity index is 524. The summed E-state index contributed by atoms with van der Waals surface area (Å²) in [6.07, 6.45) is 0.960. The van der Waals surface area contributed by atoms with Crippen molar-refractivity contribution in [3.05, 3.63) is 65.7 Å². The molecule has 20 heavy (non-hydrogen) atoms. The Balaban J connectivity index is 1.97. The van der Waals surface area contributed by atoms with Crippen LogP contribution in [-0.4, -0.2) is 13.2 Å². The van der Waals surface area contributed by atoms with Crippen LogP contribution in [0.25, 0.3) is 0 Å². The molecule has 0 aliphatic heterocycles. The van der Waals surface area contributed by atoms with Gasteiger partial charge >= 0.3 is 0 Å². The Morgan fingerprint density at radius 2 is 1.60 bits per heavy atom. The van der Waals surface area contributed by atoms with E-state index in [4.69, 9.17) is 4.74 Å². The molecule has 2 atom stereocenters. The first-order valence-electron chi connectivity index (χ1n) is 7.13. The van der Waals surface area contributed by atoms with Crippen molar-refractivity contribution in [3.8, 4) is 5.75 Å². The van der Waals surface area contributed by atoms with Crippen molar-refractivity contribution in [3.63, 3.8) is 0 Å². The van der Waals surface area contributed by atoms with Crippen LogP contribution in [0, 0.1) is 0 Å². The number of benzene rings is 2. The zero-order valence-corrected chi connectivity index (χ0v) is 12.5. The van der Waals surface area contributed by atoms with Crippen LogP contribution in [0.15, 0.2) is 54.6 Å². The van der Waals surface area contributed by atoms with Crippen LogP contribution in [-0.2, 0) is 6.42 Å². The second-order valence-corrected chi connectivity index (χ2v) is 5.22. The molecule has 0 aliphatic carbocycles. The molecule has 0 saturated heterocycles. The Labute approximate surface area is 121 Å². The minimum absolute atomic E-state index is 0.348. The van der Waals surface area contributed by atoms with Crippen LogP contribution >= 0.6 is 0 Å². The van der Waals surface area contributed by atoms with Gasteiger partial charge in [0.25, 0.3) is 0 Å². The van der Waals surface area contributed by atoms with E-state index in [0.717, 1.165) is 12.2 Å². The van der Waals surface area contributed by atoms with Crippen LogP contribution < -0.4 is 10.1 Å². The van der Waals surface area contributed by atoms with E-state index in [9.17, 15) is 0 Å². The van der Waals surface area contributed by atoms with E-state index >= 15 is 0 Å². The molecule has 0 heterocycles. The molecule has 0 saturated carbocycles. The van der Waals surface area contributed by atoms with Crippen molar-refractivity contribution < 1.29 is 4.74 Å². The maximum absolute atomic E-state index is 5.41. The molecule has 2 heteroatoms. The molecule has 0 bridgehead atoms. The van der Waals surface area contributed by atoms with E-state index in [0.29, 0.717) is 12.1 Å². The van der Waals surface area contributed by atoms with Gasteiger partial charge in [-0.3, -0.25) is 0 Å². The highest BCUT2D eigenvalue weighted by Gasteiger charge is 2.11. The summed E-state index contributed by atoms with van der Waals surface area (Å²) in [4.78, 5) is 0. The summed E-state index contributed by atoms with van der Waals surface area (Å²) in [6.45, 7) is 4.42. The summed E-state index contributed by atoms with van der Waals surface area (Å²) in [5.74, 6) is 0.966. The summed E-state index contributed by atoms with van der Waals surface area (Å²) in [6, 6.07) is 19.5. The molecule has 0 fully saturated rings. The van der Waals surface area contributed by atoms with Crippen LogP contribution in [0.4, 0.5) is 0 Å². The minimum Gasteiger partial charge on any atom is -0.496 e. The molecule has 2 unspecified atom stereocenters. The second kappa shape index (κ2) is 7.11. The highest BCUT2D eigenvalue weighted by molar-refractivity contribution is 5.33. The number of nitrogens with one attached hydrogen (secondary N) is 1. The van der Waals surface area contributed by atoms with Crippen molar-refractivity contribution in [2.24, 2.45) is 0 Å². The third-order valence-corrected chi connectivity index (χ3v) is 3.55. The standard InChI is InChI=1S/C18H23NO/c1-14(13-17-11-7-8-12-18(17)20-3)19-15(2)16-9-5-4-6-10-16/h4-12,14-15,19H,13H2,1-3H3. The molecule has 106 valence electrons. The molecular formula is C18H23NO. The second-order valence-electron chi connectivity index (χ2n) is 5.22. The van der Waals surface area contributed by atoms with Gasteiger partial charge in [0.1, 0.15) is 5.75 Å². The summed E-state index contributed by atoms with van der Waals surface area (Å²) in [5.41, 5.74) is 2.56. The molecule has 1 N–H and O–H groups in total. The van der Waals surface area contributed by atoms with E-state index in [1.165, 1.54) is 11.1 Å². The van der Waals surface area contributed by atoms with Gasteiger partial charge in [-0.2, -0.15) is 0 Å². The molecule has 2 rings (SSSR count). The number of rotatable bonds is 6. The van der Waals surface area contributed by atoms with Gasteiger partial charge in [-0.1, -0.05) is 48.5 Å². The predicted octanol–water partition coefficient (Wildman–Crippen LogP) is 3.98. The molecule has 0 spiro atoms. The molecule has 0 radical (unpaired) electrons. The van der Waals surface area contributed by atoms with Crippen LogP contribution in [0.5, 0.6) is 5.75 Å². The number of ether oxygens (including phenoxy) is 1. The maximum atomic E-state index is 5.41. The highest BCUT2D eigenvalue weighted by Crippen LogP contribution is 2.20. The van der Waals surface area contributed by atoms with Gasteiger partial charge in [-0.05, 0) is 37.5 Å². The van der Waals surface area contributed by atoms with Crippen molar-refractivity contribution in [2.45, 2.75) is 32.4 Å². The third kappa shape index (κ3) is 3.84. The smallest absolute Gasteiger partial charge is 0.122 e. The lowest BCUT2D eigenvalue weighted by molar-refractivity contribution is 0.403. The first kappa shape index (κ1) is 14.6. The molecule has 2 aromatic rings. The molecule has 0 amide bonds. The Kier molecular flexibility index (Phi) is 5.19. The first-order valence-corrected chi connectivity index (χ1v) is 7.13. The highest BCUT2D eigenvalue weighted by atomic mass is 16.5. The number of hydrogen-bond acceptors (Lipinski definition) is 2. The van der Waals surface area contributed by atoms with Gasteiger partial charge in [0.05, 0.1) is 7.11 Å². The quantitative estimate of drug-likeness (QED) is 0.856. The molecule has 0 aliphatic rings. The number of para-hydroxylation sites is 1. The average molecular weight is 269 g/mol. The number of methoxy groups -OCH3 is 1. The Morgan fingerprint density at radius 3 is 2.30 bits per heavy atom. The van der Waals surface area contributed by atoms with Crippen molar-refractivity contribution in [2.75, 3.05) is 7.11 Å². The minimum atomic E-state index is 0.348. The molecule has 0 aromatic heterocycles. The zero-order valence-electron chi connectivity index (χ0n) is 12.5. The van der Waals surface area contributed by atoms with Crippen LogP contribution in [0.1, 0.15) is 31.0 Å². The van der Waals surface area contributed by atoms with Crippen LogP contribution in [0.2, 0.25) is 0 Å². The van der Waals surface area contributed by atoms with E-state index in [1.54, 1.807) is 7.11 Å². The Morgan fingerprint density at radius 1 is 0.950 bits per heavy atom. The van der Waals surface area contributed by atoms with Gasteiger partial charge in [0.2, 0.25) is 0 Å². The van der Waals surface area contributed by atoms with Gasteiger partial charge in [-0.25, -0.2) is 0 Å². The normalized spacial score (nSPS) is 13.8. The molecule has 2 nitrogen and oxygen atoms in total. The fraction of sp³-hybridized carbons (Fsp3) is 0.333. The van der Waals surface area contributed by atoms with Crippen molar-refractivity contribution in [1.82, 2.24) is 5.32 Å². The van der Waals surface area contributed by atoms with E-state index in [2.05, 4.69) is 61.6 Å². The summed E-state index contributed by atoms with van der Waals surface area (Å²) in [7, 11) is 1.73. The van der Waals surface area contributed by atoms with Gasteiger partial charge in [0, 0.05) is 12.1 Å². The predicted molar refractivity (Wildman–Crippen MR) is 84.2 cm³/mol. The van der Waals surface area contributed by atoms with Crippen molar-refractivity contribution in [1.29, 1.82) is 0 Å². The largest absolute Gasteiger partial charge is 0.496 e. The fourth-order valence-corrected chi connectivity index (χ4v) is 2.53. The van der Waals surface area contributed by atoms with Crippen molar-refractivity contribution >= 4 is 0 Å². The van der Waals surface area contributed by atoms with Gasteiger partial charge in [-0.15, -0.1) is 0 Å². The van der Waals surface area contributed by atoms with E-state index in [-0.39, 0.29) is 0 Å². The summed E-state index contributed by atoms with van der Waals surface area (Å²) >= 11 is 0. The lowest BCUT2D eigenvalue weighted by Crippen LogP contribution is -2.30. The average Bonchev–Trinajstić information content (AvgIpc) is 2.48. The first-order chi connectivity index (χ1) is 9.70. The lowest BCUT2D eigenvalue weighted by Gasteiger charge is -2.21. The summed E-state index contributed by atoms with van der Waals surface area (Å²) < 4.78 is 5.41. The maximum Gasteiger partial charge on any atom is 0.122 e. The Hall–Kier alpha value is -1.80. The zero-order chi connectivity index (χ0) is 14.4. The van der Waals surface area contributed by atoms with Gasteiger partial charge < -0.3 is 10.1 Å². The lowest BCUT2D eigenvalue weighted by atomic mass is 10.0. The topological polar surface area (TPSA) is 21.3 Å². The number of hydrogen-bond donors (Lipinski definition) is 1. The van der Waals surface area contributed by atoms with E-state index < -0.39 is 0 Å². The molecular weight excluding hydrogens is 246 g/mol. The SMILES string of the molecule is COc1ccccc1CC(C)NC(C)c1ccccc1.